The maximum Gasteiger partial charge on any atom is 0.338 e. The minimum atomic E-state index is -2.08. The predicted molar refractivity (Wildman–Crippen MR) is 216 cm³/mol. The molecule has 0 bridgehead atoms. The first-order valence-electron chi connectivity index (χ1n) is 22.5. The maximum absolute atomic E-state index is 6.78. The van der Waals surface area contributed by atoms with Gasteiger partial charge in [0.05, 0.1) is 0 Å². The average molecular weight is 681 g/mol. The second-order valence-corrected chi connectivity index (χ2v) is 18.8. The molecule has 0 saturated heterocycles. The van der Waals surface area contributed by atoms with E-state index in [1.54, 1.807) is 0 Å². The molecule has 0 fully saturated rings. The van der Waals surface area contributed by atoms with E-state index in [0.29, 0.717) is 0 Å². The summed E-state index contributed by atoms with van der Waals surface area (Å²) >= 11 is 0. The molecule has 0 aromatic carbocycles. The molecule has 0 rings (SSSR count). The van der Waals surface area contributed by atoms with Gasteiger partial charge < -0.3 is 8.85 Å². The molecule has 0 saturated carbocycles. The fraction of sp³-hybridized carbons (Fsp3) is 1.00. The molecule has 0 spiro atoms. The van der Waals surface area contributed by atoms with Gasteiger partial charge >= 0.3 is 8.56 Å². The van der Waals surface area contributed by atoms with Crippen LogP contribution in [0.3, 0.4) is 0 Å². The molecule has 0 heterocycles. The zero-order chi connectivity index (χ0) is 34.2. The lowest BCUT2D eigenvalue weighted by molar-refractivity contribution is 0.161. The Labute approximate surface area is 300 Å². The first kappa shape index (κ1) is 47.1. The Balaban J connectivity index is 4.09. The van der Waals surface area contributed by atoms with Crippen LogP contribution in [-0.4, -0.2) is 21.8 Å². The van der Waals surface area contributed by atoms with Crippen LogP contribution in [0.4, 0.5) is 0 Å². The summed E-state index contributed by atoms with van der Waals surface area (Å²) in [5, 5.41) is 0. The van der Waals surface area contributed by atoms with Crippen LogP contribution in [0.15, 0.2) is 0 Å². The third-order valence-electron chi connectivity index (χ3n) is 10.5. The van der Waals surface area contributed by atoms with Gasteiger partial charge in [0.25, 0.3) is 0 Å². The van der Waals surface area contributed by atoms with Crippen LogP contribution in [0.25, 0.3) is 0 Å². The summed E-state index contributed by atoms with van der Waals surface area (Å²) in [5.41, 5.74) is 0. The van der Waals surface area contributed by atoms with E-state index in [9.17, 15) is 0 Å². The molecule has 0 radical (unpaired) electrons. The van der Waals surface area contributed by atoms with Crippen molar-refractivity contribution in [1.29, 1.82) is 0 Å². The Morgan fingerprint density at radius 1 is 0.234 bits per heavy atom. The van der Waals surface area contributed by atoms with Gasteiger partial charge in [0.15, 0.2) is 0 Å². The van der Waals surface area contributed by atoms with Gasteiger partial charge in [-0.05, 0) is 24.9 Å². The van der Waals surface area contributed by atoms with Gasteiger partial charge in [-0.2, -0.15) is 0 Å². The molecular weight excluding hydrogens is 589 g/mol. The molecule has 0 atom stereocenters. The van der Waals surface area contributed by atoms with E-state index in [1.165, 1.54) is 243 Å². The molecule has 47 heavy (non-hydrogen) atoms. The van der Waals surface area contributed by atoms with E-state index >= 15 is 0 Å². The highest BCUT2D eigenvalue weighted by molar-refractivity contribution is 6.67. The fourth-order valence-corrected chi connectivity index (χ4v) is 10.7. The Bertz CT molecular complexity index is 505. The lowest BCUT2D eigenvalue weighted by Gasteiger charge is -2.31. The molecule has 0 aromatic rings. The quantitative estimate of drug-likeness (QED) is 0.0472. The van der Waals surface area contributed by atoms with Gasteiger partial charge in [-0.25, -0.2) is 0 Å². The highest BCUT2D eigenvalue weighted by atomic mass is 28.4. The van der Waals surface area contributed by atoms with E-state index < -0.39 is 8.56 Å². The van der Waals surface area contributed by atoms with Crippen LogP contribution in [0.1, 0.15) is 259 Å². The molecule has 0 N–H and O–H groups in total. The smallest absolute Gasteiger partial charge is 0.338 e. The van der Waals surface area contributed by atoms with Crippen LogP contribution < -0.4 is 0 Å². The van der Waals surface area contributed by atoms with E-state index in [4.69, 9.17) is 8.85 Å². The number of rotatable bonds is 42. The van der Waals surface area contributed by atoms with Gasteiger partial charge in [-0.3, -0.25) is 0 Å². The highest BCUT2D eigenvalue weighted by Crippen LogP contribution is 2.28. The van der Waals surface area contributed by atoms with Crippen molar-refractivity contribution < 1.29 is 8.85 Å². The predicted octanol–water partition coefficient (Wildman–Crippen LogP) is 16.6. The first-order valence-corrected chi connectivity index (χ1v) is 24.8. The molecule has 284 valence electrons. The Morgan fingerprint density at radius 3 is 0.638 bits per heavy atom. The average Bonchev–Trinajstić information content (AvgIpc) is 3.08. The van der Waals surface area contributed by atoms with Crippen molar-refractivity contribution in [3.8, 4) is 0 Å². The second-order valence-electron chi connectivity index (χ2n) is 15.4. The number of hydrogen-bond acceptors (Lipinski definition) is 2. The molecule has 0 unspecified atom stereocenters. The Morgan fingerprint density at radius 2 is 0.426 bits per heavy atom. The minimum absolute atomic E-state index is 0.923. The molecule has 0 aliphatic carbocycles. The molecule has 2 nitrogen and oxygen atoms in total. The van der Waals surface area contributed by atoms with Gasteiger partial charge in [0.2, 0.25) is 0 Å². The third kappa shape index (κ3) is 35.8. The van der Waals surface area contributed by atoms with Crippen molar-refractivity contribution in [2.24, 2.45) is 0 Å². The topological polar surface area (TPSA) is 18.5 Å². The summed E-state index contributed by atoms with van der Waals surface area (Å²) in [4.78, 5) is 0. The Kier molecular flexibility index (Phi) is 40.7. The van der Waals surface area contributed by atoms with Gasteiger partial charge in [-0.1, -0.05) is 246 Å². The van der Waals surface area contributed by atoms with Crippen LogP contribution in [-0.2, 0) is 8.85 Å². The molecule has 0 aromatic heterocycles. The van der Waals surface area contributed by atoms with Gasteiger partial charge in [-0.15, -0.1) is 0 Å². The van der Waals surface area contributed by atoms with Crippen LogP contribution in [0.2, 0.25) is 12.1 Å². The Hall–Kier alpha value is 0.137. The van der Waals surface area contributed by atoms with Crippen LogP contribution in [0, 0.1) is 0 Å². The summed E-state index contributed by atoms with van der Waals surface area (Å²) in [6.07, 6.45) is 50.7. The normalized spacial score (nSPS) is 12.0. The van der Waals surface area contributed by atoms with E-state index in [-0.39, 0.29) is 0 Å². The summed E-state index contributed by atoms with van der Waals surface area (Å²) < 4.78 is 13.6. The van der Waals surface area contributed by atoms with E-state index in [2.05, 4.69) is 27.7 Å². The van der Waals surface area contributed by atoms with Gasteiger partial charge in [0.1, 0.15) is 0 Å². The zero-order valence-corrected chi connectivity index (χ0v) is 34.6. The zero-order valence-electron chi connectivity index (χ0n) is 33.6. The van der Waals surface area contributed by atoms with Crippen molar-refractivity contribution in [2.75, 3.05) is 13.2 Å². The van der Waals surface area contributed by atoms with Crippen molar-refractivity contribution in [1.82, 2.24) is 0 Å². The van der Waals surface area contributed by atoms with E-state index in [0.717, 1.165) is 13.2 Å². The second kappa shape index (κ2) is 40.6. The summed E-state index contributed by atoms with van der Waals surface area (Å²) in [7, 11) is -2.08. The summed E-state index contributed by atoms with van der Waals surface area (Å²) in [6, 6.07) is 2.47. The van der Waals surface area contributed by atoms with Crippen molar-refractivity contribution >= 4 is 8.56 Å². The van der Waals surface area contributed by atoms with Crippen LogP contribution in [0.5, 0.6) is 0 Å². The van der Waals surface area contributed by atoms with Crippen molar-refractivity contribution in [3.05, 3.63) is 0 Å². The third-order valence-corrected chi connectivity index (χ3v) is 14.2. The maximum atomic E-state index is 6.78. The number of unbranched alkanes of at least 4 members (excludes halogenated alkanes) is 32. The first-order chi connectivity index (χ1) is 23.2. The number of hydrogen-bond donors (Lipinski definition) is 0. The highest BCUT2D eigenvalue weighted by Gasteiger charge is 2.36. The lowest BCUT2D eigenvalue weighted by atomic mass is 10.0. The minimum Gasteiger partial charge on any atom is -0.394 e. The molecule has 0 aliphatic rings. The summed E-state index contributed by atoms with van der Waals surface area (Å²) in [6.45, 7) is 11.0. The standard InChI is InChI=1S/C44H92O2Si/c1-5-9-13-15-17-19-21-23-25-27-29-31-33-35-37-39-43-47(45-41-11-7-3,46-42-12-8-4)44-40-38-36-34-32-30-28-26-24-22-20-18-16-14-10-6-2/h5-44H2,1-4H3. The van der Waals surface area contributed by atoms with Crippen molar-refractivity contribution in [2.45, 2.75) is 271 Å². The fourth-order valence-electron chi connectivity index (χ4n) is 7.15. The molecular formula is C44H92O2Si. The largest absolute Gasteiger partial charge is 0.394 e. The molecule has 0 amide bonds. The molecule has 0 aliphatic heterocycles. The van der Waals surface area contributed by atoms with E-state index in [1.807, 2.05) is 0 Å². The van der Waals surface area contributed by atoms with Gasteiger partial charge in [0, 0.05) is 13.2 Å². The SMILES string of the molecule is CCCCCCCCCCCCCCCCCC[Si](CCCCCCCCCCCCCCCCCC)(OCCCC)OCCCC. The molecule has 3 heteroatoms. The lowest BCUT2D eigenvalue weighted by Crippen LogP contribution is -2.42. The monoisotopic (exact) mass is 681 g/mol. The van der Waals surface area contributed by atoms with Crippen LogP contribution >= 0.6 is 0 Å². The summed E-state index contributed by atoms with van der Waals surface area (Å²) in [5.74, 6) is 0. The van der Waals surface area contributed by atoms with Crippen molar-refractivity contribution in [3.63, 3.8) is 0 Å².